The molecule has 0 radical (unpaired) electrons. The second-order valence-corrected chi connectivity index (χ2v) is 7.58. The van der Waals surface area contributed by atoms with Gasteiger partial charge in [0.15, 0.2) is 4.96 Å². The van der Waals surface area contributed by atoms with Crippen LogP contribution in [0.5, 0.6) is 0 Å². The Labute approximate surface area is 140 Å². The summed E-state index contributed by atoms with van der Waals surface area (Å²) in [5.74, 6) is 0.705. The largest absolute Gasteiger partial charge is 0.371 e. The van der Waals surface area contributed by atoms with Gasteiger partial charge < -0.3 is 9.64 Å². The van der Waals surface area contributed by atoms with Crippen molar-refractivity contribution in [1.82, 2.24) is 14.3 Å². The van der Waals surface area contributed by atoms with Gasteiger partial charge in [-0.25, -0.2) is 4.98 Å². The fourth-order valence-corrected chi connectivity index (χ4v) is 4.05. The summed E-state index contributed by atoms with van der Waals surface area (Å²) in [6, 6.07) is 0. The summed E-state index contributed by atoms with van der Waals surface area (Å²) in [5.41, 5.74) is 0.558. The van der Waals surface area contributed by atoms with E-state index in [1.54, 1.807) is 11.3 Å². The van der Waals surface area contributed by atoms with Crippen molar-refractivity contribution in [2.75, 3.05) is 13.1 Å². The van der Waals surface area contributed by atoms with Gasteiger partial charge in [0.1, 0.15) is 5.69 Å². The Hall–Kier alpha value is -1.40. The summed E-state index contributed by atoms with van der Waals surface area (Å²) in [6.45, 7) is 3.62. The van der Waals surface area contributed by atoms with Gasteiger partial charge in [0.25, 0.3) is 5.91 Å². The Morgan fingerprint density at radius 2 is 2.30 bits per heavy atom. The number of hydrogen-bond acceptors (Lipinski definition) is 4. The zero-order valence-corrected chi connectivity index (χ0v) is 14.3. The van der Waals surface area contributed by atoms with E-state index in [9.17, 15) is 4.79 Å². The Balaban J connectivity index is 1.50. The molecule has 6 heteroatoms. The Morgan fingerprint density at radius 3 is 3.04 bits per heavy atom. The number of morpholine rings is 1. The minimum absolute atomic E-state index is 0.0522. The van der Waals surface area contributed by atoms with Crippen LogP contribution in [0.2, 0.25) is 0 Å². The fourth-order valence-electron chi connectivity index (χ4n) is 3.35. The maximum Gasteiger partial charge on any atom is 0.274 e. The molecule has 1 saturated heterocycles. The normalized spacial score (nSPS) is 25.2. The smallest absolute Gasteiger partial charge is 0.274 e. The molecule has 23 heavy (non-hydrogen) atoms. The maximum absolute atomic E-state index is 12.9. The molecule has 1 aliphatic heterocycles. The number of aromatic nitrogens is 2. The predicted octanol–water partition coefficient (Wildman–Crippen LogP) is 3.21. The first-order valence-electron chi connectivity index (χ1n) is 8.61. The van der Waals surface area contributed by atoms with Crippen LogP contribution < -0.4 is 0 Å². The molecule has 2 aliphatic rings. The number of carbonyl (C=O) groups excluding carboxylic acids is 1. The van der Waals surface area contributed by atoms with Crippen LogP contribution in [0.3, 0.4) is 0 Å². The number of thiazole rings is 1. The number of ether oxygens (including phenoxy) is 1. The standard InChI is InChI=1S/C17H23N3O2S/c1-2-3-4-13-9-20(11-15(22-13)12-5-6-12)16(21)14-10-19-7-8-23-17(19)18-14/h7-8,10,12-13,15H,2-6,9,11H2,1H3/t13-,15-/m1/s1. The number of nitrogens with zero attached hydrogens (tertiary/aromatic N) is 3. The average molecular weight is 333 g/mol. The third-order valence-corrected chi connectivity index (χ3v) is 5.59. The highest BCUT2D eigenvalue weighted by atomic mass is 32.1. The summed E-state index contributed by atoms with van der Waals surface area (Å²) < 4.78 is 8.18. The summed E-state index contributed by atoms with van der Waals surface area (Å²) >= 11 is 1.56. The SMILES string of the molecule is CCCC[C@@H]1CN(C(=O)c2cn3ccsc3n2)C[C@H](C2CC2)O1. The van der Waals surface area contributed by atoms with Crippen molar-refractivity contribution in [2.45, 2.75) is 51.2 Å². The lowest BCUT2D eigenvalue weighted by Gasteiger charge is -2.38. The van der Waals surface area contributed by atoms with Crippen molar-refractivity contribution >= 4 is 22.2 Å². The third kappa shape index (κ3) is 3.15. The van der Waals surface area contributed by atoms with Crippen LogP contribution in [-0.4, -0.2) is 45.5 Å². The van der Waals surface area contributed by atoms with E-state index in [1.165, 1.54) is 19.3 Å². The van der Waals surface area contributed by atoms with E-state index in [1.807, 2.05) is 27.1 Å². The number of amides is 1. The lowest BCUT2D eigenvalue weighted by atomic mass is 10.1. The number of rotatable bonds is 5. The topological polar surface area (TPSA) is 46.8 Å². The highest BCUT2D eigenvalue weighted by Crippen LogP contribution is 2.37. The molecule has 4 rings (SSSR count). The number of carbonyl (C=O) groups is 1. The number of unbranched alkanes of at least 4 members (excludes halogenated alkanes) is 1. The monoisotopic (exact) mass is 333 g/mol. The molecule has 0 spiro atoms. The quantitative estimate of drug-likeness (QED) is 0.844. The number of imidazole rings is 1. The van der Waals surface area contributed by atoms with Gasteiger partial charge in [-0.15, -0.1) is 11.3 Å². The van der Waals surface area contributed by atoms with Gasteiger partial charge in [0.2, 0.25) is 0 Å². The lowest BCUT2D eigenvalue weighted by Crippen LogP contribution is -2.50. The first-order chi connectivity index (χ1) is 11.2. The molecule has 2 atom stereocenters. The Morgan fingerprint density at radius 1 is 1.43 bits per heavy atom. The first kappa shape index (κ1) is 15.1. The van der Waals surface area contributed by atoms with Gasteiger partial charge in [0.05, 0.1) is 12.2 Å². The third-order valence-electron chi connectivity index (χ3n) is 4.82. The van der Waals surface area contributed by atoms with Gasteiger partial charge in [-0.3, -0.25) is 9.20 Å². The molecule has 2 fully saturated rings. The van der Waals surface area contributed by atoms with E-state index < -0.39 is 0 Å². The van der Waals surface area contributed by atoms with Crippen molar-refractivity contribution in [3.8, 4) is 0 Å². The highest BCUT2D eigenvalue weighted by molar-refractivity contribution is 7.15. The van der Waals surface area contributed by atoms with E-state index in [2.05, 4.69) is 11.9 Å². The minimum Gasteiger partial charge on any atom is -0.371 e. The van der Waals surface area contributed by atoms with Crippen molar-refractivity contribution < 1.29 is 9.53 Å². The lowest BCUT2D eigenvalue weighted by molar-refractivity contribution is -0.0875. The van der Waals surface area contributed by atoms with Crippen LogP contribution in [0.25, 0.3) is 4.96 Å². The molecule has 5 nitrogen and oxygen atoms in total. The summed E-state index contributed by atoms with van der Waals surface area (Å²) in [4.78, 5) is 20.2. The van der Waals surface area contributed by atoms with Gasteiger partial charge in [-0.1, -0.05) is 19.8 Å². The van der Waals surface area contributed by atoms with Gasteiger partial charge in [-0.05, 0) is 25.2 Å². The van der Waals surface area contributed by atoms with Crippen LogP contribution in [0.15, 0.2) is 17.8 Å². The molecule has 0 bridgehead atoms. The van der Waals surface area contributed by atoms with Crippen LogP contribution >= 0.6 is 11.3 Å². The van der Waals surface area contributed by atoms with Gasteiger partial charge in [-0.2, -0.15) is 0 Å². The molecule has 1 saturated carbocycles. The van der Waals surface area contributed by atoms with E-state index >= 15 is 0 Å². The zero-order chi connectivity index (χ0) is 15.8. The van der Waals surface area contributed by atoms with E-state index in [0.29, 0.717) is 18.2 Å². The molecule has 0 N–H and O–H groups in total. The summed E-state index contributed by atoms with van der Waals surface area (Å²) in [7, 11) is 0. The summed E-state index contributed by atoms with van der Waals surface area (Å²) in [5, 5.41) is 1.98. The molecule has 124 valence electrons. The minimum atomic E-state index is 0.0522. The van der Waals surface area contributed by atoms with Crippen LogP contribution in [0, 0.1) is 5.92 Å². The van der Waals surface area contributed by atoms with Crippen molar-refractivity contribution in [3.05, 3.63) is 23.5 Å². The molecule has 1 amide bonds. The summed E-state index contributed by atoms with van der Waals surface area (Å²) in [6.07, 6.45) is 10.0. The average Bonchev–Trinajstić information content (AvgIpc) is 3.20. The highest BCUT2D eigenvalue weighted by Gasteiger charge is 2.40. The Kier molecular flexibility index (Phi) is 4.11. The second-order valence-electron chi connectivity index (χ2n) is 6.71. The first-order valence-corrected chi connectivity index (χ1v) is 9.49. The number of fused-ring (bicyclic) bond motifs is 1. The van der Waals surface area contributed by atoms with E-state index in [-0.39, 0.29) is 18.1 Å². The molecule has 1 aliphatic carbocycles. The number of hydrogen-bond donors (Lipinski definition) is 0. The van der Waals surface area contributed by atoms with Gasteiger partial charge in [0, 0.05) is 30.9 Å². The van der Waals surface area contributed by atoms with Crippen LogP contribution in [0.1, 0.15) is 49.5 Å². The predicted molar refractivity (Wildman–Crippen MR) is 89.9 cm³/mol. The van der Waals surface area contributed by atoms with E-state index in [4.69, 9.17) is 4.74 Å². The van der Waals surface area contributed by atoms with Crippen molar-refractivity contribution in [3.63, 3.8) is 0 Å². The van der Waals surface area contributed by atoms with Crippen LogP contribution in [0.4, 0.5) is 0 Å². The fraction of sp³-hybridized carbons (Fsp3) is 0.647. The maximum atomic E-state index is 12.9. The molecule has 3 heterocycles. The van der Waals surface area contributed by atoms with E-state index in [0.717, 1.165) is 24.3 Å². The molecule has 0 unspecified atom stereocenters. The van der Waals surface area contributed by atoms with Gasteiger partial charge >= 0.3 is 0 Å². The zero-order valence-electron chi connectivity index (χ0n) is 13.5. The molecule has 2 aromatic rings. The Bertz CT molecular complexity index is 662. The molecule has 0 aromatic carbocycles. The molecular formula is C17H23N3O2S. The second kappa shape index (κ2) is 6.24. The van der Waals surface area contributed by atoms with Crippen LogP contribution in [-0.2, 0) is 4.74 Å². The molecular weight excluding hydrogens is 310 g/mol. The van der Waals surface area contributed by atoms with Crippen molar-refractivity contribution in [1.29, 1.82) is 0 Å². The molecule has 2 aromatic heterocycles. The van der Waals surface area contributed by atoms with Crippen molar-refractivity contribution in [2.24, 2.45) is 5.92 Å².